The van der Waals surface area contributed by atoms with Crippen LogP contribution in [0, 0.1) is 29.6 Å². The summed E-state index contributed by atoms with van der Waals surface area (Å²) in [5.41, 5.74) is 0. The van der Waals surface area contributed by atoms with E-state index in [0.717, 1.165) is 43.9 Å². The number of carbonyl (C=O) groups is 2. The lowest BCUT2D eigenvalue weighted by molar-refractivity contribution is -0.125. The molecule has 0 heterocycles. The molecular weight excluding hydrogens is 332 g/mol. The molecule has 0 bridgehead atoms. The lowest BCUT2D eigenvalue weighted by Crippen LogP contribution is -2.25. The highest BCUT2D eigenvalue weighted by atomic mass is 16.1. The predicted octanol–water partition coefficient (Wildman–Crippen LogP) is 6.90. The third-order valence-electron chi connectivity index (χ3n) is 8.02. The Morgan fingerprint density at radius 2 is 1.19 bits per heavy atom. The van der Waals surface area contributed by atoms with E-state index in [0.29, 0.717) is 36.2 Å². The van der Waals surface area contributed by atoms with Crippen molar-refractivity contribution in [2.24, 2.45) is 29.6 Å². The summed E-state index contributed by atoms with van der Waals surface area (Å²) >= 11 is 0. The van der Waals surface area contributed by atoms with Crippen LogP contribution in [0.5, 0.6) is 0 Å². The first-order valence-electron chi connectivity index (χ1n) is 12.2. The van der Waals surface area contributed by atoms with Crippen LogP contribution in [0.25, 0.3) is 0 Å². The number of carbonyl (C=O) groups excluding carboxylic acids is 2. The molecule has 27 heavy (non-hydrogen) atoms. The first-order valence-corrected chi connectivity index (χ1v) is 12.2. The molecule has 0 aliphatic heterocycles. The molecule has 2 nitrogen and oxygen atoms in total. The van der Waals surface area contributed by atoms with Crippen LogP contribution < -0.4 is 0 Å². The highest BCUT2D eigenvalue weighted by molar-refractivity contribution is 5.83. The van der Waals surface area contributed by atoms with Crippen LogP contribution >= 0.6 is 0 Å². The van der Waals surface area contributed by atoms with Crippen LogP contribution in [-0.4, -0.2) is 11.6 Å². The minimum Gasteiger partial charge on any atom is -0.299 e. The van der Waals surface area contributed by atoms with Crippen LogP contribution in [0.3, 0.4) is 0 Å². The molecule has 5 unspecified atom stereocenters. The normalized spacial score (nSPS) is 35.4. The Balaban J connectivity index is 1.38. The van der Waals surface area contributed by atoms with Crippen LogP contribution in [-0.2, 0) is 9.59 Å². The van der Waals surface area contributed by atoms with Gasteiger partial charge in [-0.2, -0.15) is 0 Å². The van der Waals surface area contributed by atoms with E-state index in [2.05, 4.69) is 6.92 Å². The molecule has 0 aromatic heterocycles. The van der Waals surface area contributed by atoms with Gasteiger partial charge in [0.1, 0.15) is 11.6 Å². The van der Waals surface area contributed by atoms with Gasteiger partial charge in [0.05, 0.1) is 0 Å². The summed E-state index contributed by atoms with van der Waals surface area (Å²) in [6, 6.07) is 0. The van der Waals surface area contributed by atoms with Gasteiger partial charge in [-0.15, -0.1) is 0 Å². The Bertz CT molecular complexity index is 483. The zero-order valence-corrected chi connectivity index (χ0v) is 17.7. The second kappa shape index (κ2) is 10.8. The zero-order valence-electron chi connectivity index (χ0n) is 17.7. The summed E-state index contributed by atoms with van der Waals surface area (Å²) in [5.74, 6) is 4.03. The molecule has 3 rings (SSSR count). The summed E-state index contributed by atoms with van der Waals surface area (Å²) in [5, 5.41) is 0. The maximum Gasteiger partial charge on any atom is 0.135 e. The standard InChI is InChI=1S/C25H42O2/c1-19-8-2-3-11-23(18-19)25(27)15-7-14-24(26)22-13-6-12-20-9-4-5-10-21(20)16-17-22/h19-23H,2-18H2,1H3. The molecule has 3 saturated carbocycles. The molecule has 154 valence electrons. The van der Waals surface area contributed by atoms with Crippen LogP contribution in [0.1, 0.15) is 116 Å². The summed E-state index contributed by atoms with van der Waals surface area (Å²) in [6.45, 7) is 2.29. The fourth-order valence-corrected chi connectivity index (χ4v) is 6.30. The molecule has 3 aliphatic rings. The Kier molecular flexibility index (Phi) is 8.40. The minimum absolute atomic E-state index is 0.280. The van der Waals surface area contributed by atoms with E-state index >= 15 is 0 Å². The molecule has 0 aromatic rings. The first kappa shape index (κ1) is 21.1. The number of hydrogen-bond donors (Lipinski definition) is 0. The lowest BCUT2D eigenvalue weighted by Gasteiger charge is -2.35. The number of fused-ring (bicyclic) bond motifs is 1. The van der Waals surface area contributed by atoms with Crippen molar-refractivity contribution in [3.8, 4) is 0 Å². The van der Waals surface area contributed by atoms with Gasteiger partial charge in [-0.1, -0.05) is 64.7 Å². The summed E-state index contributed by atoms with van der Waals surface area (Å²) < 4.78 is 0. The Hall–Kier alpha value is -0.660. The van der Waals surface area contributed by atoms with Gasteiger partial charge in [-0.25, -0.2) is 0 Å². The maximum atomic E-state index is 12.8. The molecule has 0 saturated heterocycles. The fraction of sp³-hybridized carbons (Fsp3) is 0.920. The van der Waals surface area contributed by atoms with Crippen LogP contribution in [0.15, 0.2) is 0 Å². The lowest BCUT2D eigenvalue weighted by atomic mass is 9.71. The van der Waals surface area contributed by atoms with Crippen molar-refractivity contribution in [2.45, 2.75) is 116 Å². The smallest absolute Gasteiger partial charge is 0.135 e. The van der Waals surface area contributed by atoms with E-state index in [9.17, 15) is 9.59 Å². The van der Waals surface area contributed by atoms with Gasteiger partial charge in [0.15, 0.2) is 0 Å². The summed E-state index contributed by atoms with van der Waals surface area (Å²) in [4.78, 5) is 25.4. The van der Waals surface area contributed by atoms with Crippen molar-refractivity contribution >= 4 is 11.6 Å². The van der Waals surface area contributed by atoms with Crippen LogP contribution in [0.4, 0.5) is 0 Å². The minimum atomic E-state index is 0.280. The van der Waals surface area contributed by atoms with E-state index in [1.807, 2.05) is 0 Å². The molecule has 3 aliphatic carbocycles. The van der Waals surface area contributed by atoms with Gasteiger partial charge < -0.3 is 0 Å². The molecule has 0 amide bonds. The number of hydrogen-bond acceptors (Lipinski definition) is 2. The van der Waals surface area contributed by atoms with Gasteiger partial charge in [-0.05, 0) is 56.3 Å². The third kappa shape index (κ3) is 6.43. The van der Waals surface area contributed by atoms with E-state index in [-0.39, 0.29) is 5.92 Å². The Morgan fingerprint density at radius 1 is 0.630 bits per heavy atom. The van der Waals surface area contributed by atoms with E-state index < -0.39 is 0 Å². The van der Waals surface area contributed by atoms with Gasteiger partial charge in [0, 0.05) is 24.7 Å². The average Bonchev–Trinajstić information content (AvgIpc) is 2.87. The maximum absolute atomic E-state index is 12.8. The summed E-state index contributed by atoms with van der Waals surface area (Å²) in [6.07, 6.45) is 19.8. The highest BCUT2D eigenvalue weighted by Gasteiger charge is 2.30. The van der Waals surface area contributed by atoms with Crippen molar-refractivity contribution in [1.82, 2.24) is 0 Å². The molecule has 3 fully saturated rings. The van der Waals surface area contributed by atoms with Crippen molar-refractivity contribution in [3.63, 3.8) is 0 Å². The SMILES string of the molecule is CC1CCCCC(C(=O)CCCC(=O)C2CCCC3CCCCC3CC2)C1. The van der Waals surface area contributed by atoms with Crippen LogP contribution in [0.2, 0.25) is 0 Å². The Labute approximate surface area is 167 Å². The molecule has 5 atom stereocenters. The zero-order chi connectivity index (χ0) is 19.1. The Morgan fingerprint density at radius 3 is 1.96 bits per heavy atom. The number of Topliss-reactive ketones (excluding diaryl/α,β-unsaturated/α-hetero) is 2. The summed E-state index contributed by atoms with van der Waals surface area (Å²) in [7, 11) is 0. The monoisotopic (exact) mass is 374 g/mol. The molecular formula is C25H42O2. The quantitative estimate of drug-likeness (QED) is 0.474. The molecule has 0 radical (unpaired) electrons. The second-order valence-corrected chi connectivity index (χ2v) is 10.1. The van der Waals surface area contributed by atoms with Crippen molar-refractivity contribution < 1.29 is 9.59 Å². The molecule has 2 heteroatoms. The second-order valence-electron chi connectivity index (χ2n) is 10.1. The van der Waals surface area contributed by atoms with Gasteiger partial charge in [0.25, 0.3) is 0 Å². The van der Waals surface area contributed by atoms with Gasteiger partial charge >= 0.3 is 0 Å². The molecule has 0 aromatic carbocycles. The average molecular weight is 375 g/mol. The molecule has 0 spiro atoms. The van der Waals surface area contributed by atoms with Crippen molar-refractivity contribution in [2.75, 3.05) is 0 Å². The van der Waals surface area contributed by atoms with E-state index in [1.54, 1.807) is 0 Å². The third-order valence-corrected chi connectivity index (χ3v) is 8.02. The number of rotatable bonds is 6. The van der Waals surface area contributed by atoms with E-state index in [1.165, 1.54) is 64.2 Å². The largest absolute Gasteiger partial charge is 0.299 e. The fourth-order valence-electron chi connectivity index (χ4n) is 6.30. The number of ketones is 2. The van der Waals surface area contributed by atoms with Crippen molar-refractivity contribution in [1.29, 1.82) is 0 Å². The van der Waals surface area contributed by atoms with Gasteiger partial charge in [0.2, 0.25) is 0 Å². The van der Waals surface area contributed by atoms with Crippen molar-refractivity contribution in [3.05, 3.63) is 0 Å². The first-order chi connectivity index (χ1) is 13.1. The molecule has 0 N–H and O–H groups in total. The predicted molar refractivity (Wildman–Crippen MR) is 112 cm³/mol. The van der Waals surface area contributed by atoms with Gasteiger partial charge in [-0.3, -0.25) is 9.59 Å². The van der Waals surface area contributed by atoms with E-state index in [4.69, 9.17) is 0 Å². The topological polar surface area (TPSA) is 34.1 Å². The highest BCUT2D eigenvalue weighted by Crippen LogP contribution is 2.40.